The minimum atomic E-state index is -4.20. The Bertz CT molecular complexity index is 1500. The number of aryl methyl sites for hydroxylation is 1. The SMILES string of the molecule is CC[C@@H](C)NS(=O)(=O)c1cc([N+](=O)[O-])ccc1Oc1c(C)c(C(=O)NCC(C)C)nn1-c1cccc(C)c1C. The largest absolute Gasteiger partial charge is 0.437 e. The lowest BCUT2D eigenvalue weighted by atomic mass is 10.1. The number of benzene rings is 2. The monoisotopic (exact) mass is 557 g/mol. The zero-order valence-electron chi connectivity index (χ0n) is 23.2. The summed E-state index contributed by atoms with van der Waals surface area (Å²) in [5.74, 6) is -0.200. The first-order chi connectivity index (χ1) is 18.3. The summed E-state index contributed by atoms with van der Waals surface area (Å²) in [7, 11) is -4.20. The molecule has 0 aliphatic rings. The van der Waals surface area contributed by atoms with Crippen LogP contribution in [-0.2, 0) is 10.0 Å². The zero-order chi connectivity index (χ0) is 29.1. The van der Waals surface area contributed by atoms with Crippen LogP contribution in [0.15, 0.2) is 41.3 Å². The molecule has 0 aliphatic carbocycles. The van der Waals surface area contributed by atoms with Gasteiger partial charge in [0.25, 0.3) is 11.6 Å². The number of carbonyl (C=O) groups is 1. The number of aromatic nitrogens is 2. The van der Waals surface area contributed by atoms with Crippen molar-refractivity contribution in [1.29, 1.82) is 0 Å². The quantitative estimate of drug-likeness (QED) is 0.250. The molecule has 0 spiro atoms. The van der Waals surface area contributed by atoms with Gasteiger partial charge in [0.1, 0.15) is 10.6 Å². The van der Waals surface area contributed by atoms with Crippen LogP contribution in [0.25, 0.3) is 5.69 Å². The van der Waals surface area contributed by atoms with Crippen molar-refractivity contribution in [3.8, 4) is 17.3 Å². The molecule has 12 heteroatoms. The molecule has 1 aromatic heterocycles. The van der Waals surface area contributed by atoms with E-state index in [0.29, 0.717) is 24.2 Å². The van der Waals surface area contributed by atoms with Crippen LogP contribution in [0.2, 0.25) is 0 Å². The lowest BCUT2D eigenvalue weighted by molar-refractivity contribution is -0.385. The first-order valence-electron chi connectivity index (χ1n) is 12.7. The fraction of sp³-hybridized carbons (Fsp3) is 0.407. The molecule has 2 N–H and O–H groups in total. The summed E-state index contributed by atoms with van der Waals surface area (Å²) in [4.78, 5) is 23.5. The Balaban J connectivity index is 2.23. The number of nitro groups is 1. The lowest BCUT2D eigenvalue weighted by Gasteiger charge is -2.17. The smallest absolute Gasteiger partial charge is 0.272 e. The lowest BCUT2D eigenvalue weighted by Crippen LogP contribution is -2.32. The summed E-state index contributed by atoms with van der Waals surface area (Å²) in [6.07, 6.45) is 0.512. The van der Waals surface area contributed by atoms with Gasteiger partial charge >= 0.3 is 0 Å². The van der Waals surface area contributed by atoms with E-state index in [0.717, 1.165) is 17.2 Å². The van der Waals surface area contributed by atoms with Crippen LogP contribution in [-0.4, -0.2) is 41.6 Å². The van der Waals surface area contributed by atoms with Gasteiger partial charge in [0.2, 0.25) is 15.9 Å². The second kappa shape index (κ2) is 12.0. The number of nitrogens with zero attached hydrogens (tertiary/aromatic N) is 3. The van der Waals surface area contributed by atoms with Gasteiger partial charge in [0, 0.05) is 30.3 Å². The minimum absolute atomic E-state index is 0.118. The van der Waals surface area contributed by atoms with Crippen LogP contribution in [0.3, 0.4) is 0 Å². The van der Waals surface area contributed by atoms with Gasteiger partial charge in [-0.05, 0) is 63.3 Å². The molecule has 3 rings (SSSR count). The number of sulfonamides is 1. The van der Waals surface area contributed by atoms with Crippen LogP contribution in [0.4, 0.5) is 5.69 Å². The maximum absolute atomic E-state index is 13.3. The van der Waals surface area contributed by atoms with Crippen LogP contribution >= 0.6 is 0 Å². The minimum Gasteiger partial charge on any atom is -0.437 e. The maximum Gasteiger partial charge on any atom is 0.272 e. The molecule has 1 heterocycles. The van der Waals surface area contributed by atoms with E-state index in [-0.39, 0.29) is 23.2 Å². The highest BCUT2D eigenvalue weighted by molar-refractivity contribution is 7.89. The molecule has 3 aromatic rings. The number of amides is 1. The van der Waals surface area contributed by atoms with Gasteiger partial charge in [0.15, 0.2) is 5.69 Å². The van der Waals surface area contributed by atoms with Crippen molar-refractivity contribution >= 4 is 21.6 Å². The number of hydrogen-bond donors (Lipinski definition) is 2. The molecule has 2 aromatic carbocycles. The van der Waals surface area contributed by atoms with Gasteiger partial charge in [-0.2, -0.15) is 9.78 Å². The van der Waals surface area contributed by atoms with E-state index < -0.39 is 37.5 Å². The number of nitro benzene ring substituents is 1. The molecule has 0 aliphatic heterocycles. The summed E-state index contributed by atoms with van der Waals surface area (Å²) in [6, 6.07) is 8.55. The van der Waals surface area contributed by atoms with E-state index in [1.54, 1.807) is 13.8 Å². The van der Waals surface area contributed by atoms with Gasteiger partial charge in [-0.15, -0.1) is 0 Å². The summed E-state index contributed by atoms with van der Waals surface area (Å²) in [6.45, 7) is 13.4. The van der Waals surface area contributed by atoms with E-state index in [2.05, 4.69) is 15.1 Å². The van der Waals surface area contributed by atoms with Crippen LogP contribution in [0.1, 0.15) is 61.3 Å². The van der Waals surface area contributed by atoms with E-state index in [4.69, 9.17) is 4.74 Å². The Labute approximate surface area is 228 Å². The fourth-order valence-electron chi connectivity index (χ4n) is 3.75. The molecule has 0 saturated heterocycles. The second-order valence-electron chi connectivity index (χ2n) is 9.93. The molecule has 0 radical (unpaired) electrons. The predicted molar refractivity (Wildman–Crippen MR) is 148 cm³/mol. The van der Waals surface area contributed by atoms with Crippen molar-refractivity contribution in [1.82, 2.24) is 19.8 Å². The van der Waals surface area contributed by atoms with E-state index in [9.17, 15) is 23.3 Å². The highest BCUT2D eigenvalue weighted by Crippen LogP contribution is 2.36. The zero-order valence-corrected chi connectivity index (χ0v) is 24.0. The van der Waals surface area contributed by atoms with Crippen LogP contribution < -0.4 is 14.8 Å². The van der Waals surface area contributed by atoms with Crippen LogP contribution in [0, 0.1) is 36.8 Å². The van der Waals surface area contributed by atoms with Crippen molar-refractivity contribution in [3.63, 3.8) is 0 Å². The fourth-order valence-corrected chi connectivity index (χ4v) is 5.22. The Kier molecular flexibility index (Phi) is 9.13. The van der Waals surface area contributed by atoms with Gasteiger partial charge in [-0.1, -0.05) is 32.9 Å². The molecular weight excluding hydrogens is 522 g/mol. The van der Waals surface area contributed by atoms with Gasteiger partial charge < -0.3 is 10.1 Å². The van der Waals surface area contributed by atoms with Gasteiger partial charge in [-0.25, -0.2) is 13.1 Å². The van der Waals surface area contributed by atoms with E-state index in [1.165, 1.54) is 16.8 Å². The molecule has 1 atom stereocenters. The normalized spacial score (nSPS) is 12.4. The Morgan fingerprint density at radius 2 is 1.82 bits per heavy atom. The topological polar surface area (TPSA) is 145 Å². The molecule has 1 amide bonds. The Morgan fingerprint density at radius 1 is 1.13 bits per heavy atom. The molecule has 0 unspecified atom stereocenters. The first kappa shape index (κ1) is 29.8. The first-order valence-corrected chi connectivity index (χ1v) is 14.2. The molecule has 39 heavy (non-hydrogen) atoms. The van der Waals surface area contributed by atoms with Gasteiger partial charge in [0.05, 0.1) is 10.6 Å². The number of hydrogen-bond acceptors (Lipinski definition) is 7. The van der Waals surface area contributed by atoms with Gasteiger partial charge in [-0.3, -0.25) is 14.9 Å². The third-order valence-corrected chi connectivity index (χ3v) is 7.97. The molecule has 0 fully saturated rings. The number of ether oxygens (including phenoxy) is 1. The third kappa shape index (κ3) is 6.63. The summed E-state index contributed by atoms with van der Waals surface area (Å²) < 4.78 is 36.8. The third-order valence-electron chi connectivity index (χ3n) is 6.36. The standard InChI is InChI=1S/C27H35N5O6S/c1-8-18(5)30-39(36,37)24-14-21(32(34)35)12-13-23(24)38-27-20(7)25(26(33)28-15-16(2)3)29-31(27)22-11-9-10-17(4)19(22)6/h9-14,16,18,30H,8,15H2,1-7H3,(H,28,33)/t18-/m1/s1. The Morgan fingerprint density at radius 3 is 2.44 bits per heavy atom. The predicted octanol–water partition coefficient (Wildman–Crippen LogP) is 4.96. The highest BCUT2D eigenvalue weighted by atomic mass is 32.2. The van der Waals surface area contributed by atoms with Crippen molar-refractivity contribution in [3.05, 3.63) is 68.9 Å². The Hall–Kier alpha value is -3.77. The molecule has 0 bridgehead atoms. The molecule has 210 valence electrons. The molecular formula is C27H35N5O6S. The average molecular weight is 558 g/mol. The maximum atomic E-state index is 13.3. The number of non-ortho nitro benzene ring substituents is 1. The highest BCUT2D eigenvalue weighted by Gasteiger charge is 2.29. The second-order valence-corrected chi connectivity index (χ2v) is 11.6. The average Bonchev–Trinajstić information content (AvgIpc) is 3.19. The van der Waals surface area contributed by atoms with E-state index in [1.807, 2.05) is 52.8 Å². The van der Waals surface area contributed by atoms with Crippen molar-refractivity contribution in [2.24, 2.45) is 5.92 Å². The van der Waals surface area contributed by atoms with E-state index >= 15 is 0 Å². The molecule has 11 nitrogen and oxygen atoms in total. The number of rotatable bonds is 11. The van der Waals surface area contributed by atoms with Crippen molar-refractivity contribution in [2.75, 3.05) is 6.54 Å². The van der Waals surface area contributed by atoms with Crippen molar-refractivity contribution < 1.29 is 22.9 Å². The van der Waals surface area contributed by atoms with Crippen LogP contribution in [0.5, 0.6) is 11.6 Å². The summed E-state index contributed by atoms with van der Waals surface area (Å²) in [5, 5.41) is 18.9. The summed E-state index contributed by atoms with van der Waals surface area (Å²) in [5.41, 5.74) is 2.60. The number of carbonyl (C=O) groups excluding carboxylic acids is 1. The summed E-state index contributed by atoms with van der Waals surface area (Å²) >= 11 is 0. The van der Waals surface area contributed by atoms with Crippen molar-refractivity contribution in [2.45, 2.75) is 65.8 Å². The number of nitrogens with one attached hydrogen (secondary N) is 2. The molecule has 0 saturated carbocycles.